The van der Waals surface area contributed by atoms with Crippen LogP contribution in [0.25, 0.3) is 11.0 Å². The molecule has 2 heterocycles. The molecule has 7 nitrogen and oxygen atoms in total. The highest BCUT2D eigenvalue weighted by Crippen LogP contribution is 2.23. The Morgan fingerprint density at radius 3 is 2.46 bits per heavy atom. The lowest BCUT2D eigenvalue weighted by atomic mass is 10.2. The largest absolute Gasteiger partial charge is 0.332 e. The van der Waals surface area contributed by atoms with E-state index in [0.29, 0.717) is 28.5 Å². The van der Waals surface area contributed by atoms with Gasteiger partial charge in [-0.3, -0.25) is 18.7 Å². The fraction of sp³-hybridized carbons (Fsp3) is 0.350. The molecule has 0 spiro atoms. The molecule has 1 aromatic carbocycles. The van der Waals surface area contributed by atoms with Crippen molar-refractivity contribution in [2.45, 2.75) is 31.2 Å². The molecule has 3 rings (SSSR count). The summed E-state index contributed by atoms with van der Waals surface area (Å²) in [6, 6.07) is 9.00. The number of carbonyl (C=O) groups is 1. The second kappa shape index (κ2) is 8.52. The van der Waals surface area contributed by atoms with Gasteiger partial charge in [0.2, 0.25) is 0 Å². The van der Waals surface area contributed by atoms with E-state index in [4.69, 9.17) is 0 Å². The number of rotatable bonds is 7. The fourth-order valence-corrected chi connectivity index (χ4v) is 3.79. The summed E-state index contributed by atoms with van der Waals surface area (Å²) >= 11 is 1.21. The summed E-state index contributed by atoms with van der Waals surface area (Å²) < 4.78 is 2.40. The summed E-state index contributed by atoms with van der Waals surface area (Å²) in [5.74, 6) is 0.677. The van der Waals surface area contributed by atoms with Gasteiger partial charge >= 0.3 is 5.69 Å². The summed E-state index contributed by atoms with van der Waals surface area (Å²) in [6.07, 6.45) is 2.53. The van der Waals surface area contributed by atoms with E-state index in [1.807, 2.05) is 18.2 Å². The van der Waals surface area contributed by atoms with Gasteiger partial charge in [0, 0.05) is 26.1 Å². The predicted molar refractivity (Wildman–Crippen MR) is 110 cm³/mol. The van der Waals surface area contributed by atoms with Gasteiger partial charge in [-0.2, -0.15) is 0 Å². The van der Waals surface area contributed by atoms with E-state index in [1.54, 1.807) is 19.2 Å². The second-order valence-corrected chi connectivity index (χ2v) is 7.49. The zero-order chi connectivity index (χ0) is 20.3. The molecule has 0 aliphatic heterocycles. The molecule has 0 aliphatic rings. The minimum atomic E-state index is -0.449. The lowest BCUT2D eigenvalue weighted by Crippen LogP contribution is -2.37. The van der Waals surface area contributed by atoms with E-state index in [1.165, 1.54) is 23.4 Å². The molecular formula is C20H22N4O3S. The fourth-order valence-electron chi connectivity index (χ4n) is 2.86. The van der Waals surface area contributed by atoms with Crippen molar-refractivity contribution in [2.24, 2.45) is 14.1 Å². The van der Waals surface area contributed by atoms with Gasteiger partial charge in [0.15, 0.2) is 11.4 Å². The Kier molecular flexibility index (Phi) is 6.08. The highest BCUT2D eigenvalue weighted by molar-refractivity contribution is 8.00. The Labute approximate surface area is 166 Å². The Balaban J connectivity index is 2.07. The number of benzene rings is 1. The average molecular weight is 398 g/mol. The van der Waals surface area contributed by atoms with Crippen LogP contribution in [0.3, 0.4) is 0 Å². The van der Waals surface area contributed by atoms with Crippen molar-refractivity contribution < 1.29 is 4.79 Å². The molecule has 0 radical (unpaired) electrons. The quantitative estimate of drug-likeness (QED) is 0.345. The Morgan fingerprint density at radius 2 is 1.79 bits per heavy atom. The number of fused-ring (bicyclic) bond motifs is 1. The first kappa shape index (κ1) is 20.0. The molecule has 0 fully saturated rings. The van der Waals surface area contributed by atoms with Crippen LogP contribution in [0.4, 0.5) is 0 Å². The third kappa shape index (κ3) is 3.91. The van der Waals surface area contributed by atoms with E-state index in [-0.39, 0.29) is 16.9 Å². The van der Waals surface area contributed by atoms with Crippen LogP contribution >= 0.6 is 11.8 Å². The molecule has 0 atom stereocenters. The molecule has 0 amide bonds. The first-order chi connectivity index (χ1) is 13.4. The van der Waals surface area contributed by atoms with Gasteiger partial charge in [0.25, 0.3) is 5.56 Å². The summed E-state index contributed by atoms with van der Waals surface area (Å²) in [4.78, 5) is 46.5. The molecular weight excluding hydrogens is 376 g/mol. The van der Waals surface area contributed by atoms with Gasteiger partial charge in [-0.15, -0.1) is 0 Å². The molecule has 28 heavy (non-hydrogen) atoms. The standard InChI is InChI=1S/C20H22N4O3S/c1-4-5-11-15-21-17-16(19(26)24(3)20(27)23(17)2)18(22-15)28-12-14(25)13-9-7-6-8-10-13/h6-10H,4-5,11-12H2,1-3H3. The summed E-state index contributed by atoms with van der Waals surface area (Å²) in [5.41, 5.74) is 0.0347. The lowest BCUT2D eigenvalue weighted by molar-refractivity contribution is 0.102. The van der Waals surface area contributed by atoms with Crippen LogP contribution < -0.4 is 11.2 Å². The number of aryl methyl sites for hydroxylation is 2. The van der Waals surface area contributed by atoms with Gasteiger partial charge < -0.3 is 0 Å². The smallest absolute Gasteiger partial charge is 0.293 e. The Bertz CT molecular complexity index is 1140. The van der Waals surface area contributed by atoms with Crippen molar-refractivity contribution in [3.8, 4) is 0 Å². The summed E-state index contributed by atoms with van der Waals surface area (Å²) in [6.45, 7) is 2.07. The maximum absolute atomic E-state index is 12.7. The van der Waals surface area contributed by atoms with E-state index in [2.05, 4.69) is 16.9 Å². The molecule has 0 unspecified atom stereocenters. The molecule has 3 aromatic rings. The number of nitrogens with zero attached hydrogens (tertiary/aromatic N) is 4. The van der Waals surface area contributed by atoms with Crippen LogP contribution in [-0.2, 0) is 20.5 Å². The maximum Gasteiger partial charge on any atom is 0.332 e. The van der Waals surface area contributed by atoms with Crippen molar-refractivity contribution in [3.63, 3.8) is 0 Å². The normalized spacial score (nSPS) is 11.1. The molecule has 0 N–H and O–H groups in total. The number of Topliss-reactive ketones (excluding diaryl/α,β-unsaturated/α-hetero) is 1. The highest BCUT2D eigenvalue weighted by Gasteiger charge is 2.18. The van der Waals surface area contributed by atoms with Crippen LogP contribution in [0.15, 0.2) is 44.9 Å². The van der Waals surface area contributed by atoms with Gasteiger partial charge in [-0.25, -0.2) is 14.8 Å². The third-order valence-electron chi connectivity index (χ3n) is 4.50. The summed E-state index contributed by atoms with van der Waals surface area (Å²) in [5, 5.41) is 0.715. The van der Waals surface area contributed by atoms with Gasteiger partial charge in [0.05, 0.1) is 5.75 Å². The van der Waals surface area contributed by atoms with E-state index in [0.717, 1.165) is 17.4 Å². The molecule has 0 bridgehead atoms. The molecule has 2 aromatic heterocycles. The Morgan fingerprint density at radius 1 is 1.07 bits per heavy atom. The topological polar surface area (TPSA) is 86.9 Å². The van der Waals surface area contributed by atoms with Gasteiger partial charge in [0.1, 0.15) is 16.2 Å². The first-order valence-electron chi connectivity index (χ1n) is 9.11. The minimum Gasteiger partial charge on any atom is -0.293 e. The van der Waals surface area contributed by atoms with Crippen molar-refractivity contribution in [2.75, 3.05) is 5.75 Å². The zero-order valence-electron chi connectivity index (χ0n) is 16.1. The van der Waals surface area contributed by atoms with Crippen LogP contribution in [0.5, 0.6) is 0 Å². The van der Waals surface area contributed by atoms with Crippen molar-refractivity contribution in [1.82, 2.24) is 19.1 Å². The summed E-state index contributed by atoms with van der Waals surface area (Å²) in [7, 11) is 3.02. The van der Waals surface area contributed by atoms with Gasteiger partial charge in [-0.1, -0.05) is 55.4 Å². The molecule has 146 valence electrons. The number of unbranched alkanes of at least 4 members (excludes halogenated alkanes) is 1. The number of thioether (sulfide) groups is 1. The average Bonchev–Trinajstić information content (AvgIpc) is 2.73. The second-order valence-electron chi connectivity index (χ2n) is 6.53. The monoisotopic (exact) mass is 398 g/mol. The van der Waals surface area contributed by atoms with Crippen molar-refractivity contribution in [3.05, 3.63) is 62.6 Å². The van der Waals surface area contributed by atoms with E-state index < -0.39 is 11.2 Å². The SMILES string of the molecule is CCCCc1nc(SCC(=O)c2ccccc2)c2c(=O)n(C)c(=O)n(C)c2n1. The molecule has 8 heteroatoms. The molecule has 0 saturated heterocycles. The van der Waals surface area contributed by atoms with Crippen LogP contribution in [0, 0.1) is 0 Å². The van der Waals surface area contributed by atoms with E-state index in [9.17, 15) is 14.4 Å². The predicted octanol–water partition coefficient (Wildman–Crippen LogP) is 2.34. The minimum absolute atomic E-state index is 0.0471. The van der Waals surface area contributed by atoms with Crippen LogP contribution in [-0.4, -0.2) is 30.6 Å². The highest BCUT2D eigenvalue weighted by atomic mass is 32.2. The number of hydrogen-bond donors (Lipinski definition) is 0. The Hall–Kier alpha value is -2.74. The molecule has 0 saturated carbocycles. The van der Waals surface area contributed by atoms with Crippen LogP contribution in [0.2, 0.25) is 0 Å². The first-order valence-corrected chi connectivity index (χ1v) is 10.1. The van der Waals surface area contributed by atoms with Gasteiger partial charge in [-0.05, 0) is 6.42 Å². The van der Waals surface area contributed by atoms with Crippen LogP contribution in [0.1, 0.15) is 35.9 Å². The number of aromatic nitrogens is 4. The van der Waals surface area contributed by atoms with Crippen molar-refractivity contribution >= 4 is 28.6 Å². The lowest BCUT2D eigenvalue weighted by Gasteiger charge is -2.11. The zero-order valence-corrected chi connectivity index (χ0v) is 17.0. The van der Waals surface area contributed by atoms with Crippen molar-refractivity contribution in [1.29, 1.82) is 0 Å². The van der Waals surface area contributed by atoms with E-state index >= 15 is 0 Å². The number of ketones is 1. The third-order valence-corrected chi connectivity index (χ3v) is 5.48. The molecule has 0 aliphatic carbocycles. The number of carbonyl (C=O) groups excluding carboxylic acids is 1. The maximum atomic E-state index is 12.7. The number of hydrogen-bond acceptors (Lipinski definition) is 6.